The number of ether oxygens (including phenoxy) is 2. The smallest absolute Gasteiger partial charge is 0.407 e. The van der Waals surface area contributed by atoms with Gasteiger partial charge in [0.2, 0.25) is 5.91 Å². The number of hydrazine groups is 1. The van der Waals surface area contributed by atoms with Crippen molar-refractivity contribution in [3.8, 4) is 11.3 Å². The summed E-state index contributed by atoms with van der Waals surface area (Å²) in [6.45, 7) is -29.4. The Labute approximate surface area is 328 Å². The molecule has 51 heavy (non-hydrogen) atoms. The number of amides is 4. The van der Waals surface area contributed by atoms with Crippen molar-refractivity contribution in [3.05, 3.63) is 90.1 Å². The lowest BCUT2D eigenvalue weighted by molar-refractivity contribution is -0.132. The highest BCUT2D eigenvalue weighted by molar-refractivity contribution is 5.87. The van der Waals surface area contributed by atoms with Gasteiger partial charge in [-0.2, -0.15) is 0 Å². The average molecular weight is 725 g/mol. The Hall–Kier alpha value is -5.01. The van der Waals surface area contributed by atoms with Crippen molar-refractivity contribution in [2.45, 2.75) is 78.3 Å². The fourth-order valence-electron chi connectivity index (χ4n) is 4.55. The van der Waals surface area contributed by atoms with E-state index in [0.29, 0.717) is 18.4 Å². The third-order valence-corrected chi connectivity index (χ3v) is 7.10. The van der Waals surface area contributed by atoms with Crippen molar-refractivity contribution in [1.29, 1.82) is 0 Å². The van der Waals surface area contributed by atoms with Crippen molar-refractivity contribution in [2.75, 3.05) is 20.8 Å². The van der Waals surface area contributed by atoms with Crippen LogP contribution in [0.15, 0.2) is 79.0 Å². The Kier molecular flexibility index (Phi) is 7.22. The molecule has 13 heteroatoms. The van der Waals surface area contributed by atoms with Gasteiger partial charge in [-0.25, -0.2) is 14.6 Å². The first kappa shape index (κ1) is 20.1. The van der Waals surface area contributed by atoms with E-state index in [1.165, 1.54) is 54.7 Å². The van der Waals surface area contributed by atoms with Crippen molar-refractivity contribution in [3.63, 3.8) is 0 Å². The minimum Gasteiger partial charge on any atom is -0.453 e. The number of alkyl carbamates (subject to hydrolysis) is 2. The molecule has 0 aliphatic carbocycles. The summed E-state index contributed by atoms with van der Waals surface area (Å²) >= 11 is 0. The first-order chi connectivity index (χ1) is 32.3. The molecule has 13 nitrogen and oxygen atoms in total. The van der Waals surface area contributed by atoms with E-state index >= 15 is 0 Å². The van der Waals surface area contributed by atoms with Crippen LogP contribution in [0.5, 0.6) is 0 Å². The fraction of sp³-hybridized carbons (Fsp3) is 0.447. The standard InChI is InChI=1S/C38H52N6O7/c1-37(2,3)31(41-35(48)50-7)33(46)40-29(22-25-14-10-9-11-15-25)30(45)24-44(43-34(47)32(38(4,5)6)42-36(49)51-8)23-26-17-19-27(20-18-26)28-16-12-13-21-39-28/h9-21,29-32,45H,22-24H2,1-8H3,(H,40,46)(H,41,48)(H,42,49)(H,43,47)/t29-,30-,31+,32+/m0/s1/i1D3,2D3,3D3,4D3,5D3,6D3,23D2. The van der Waals surface area contributed by atoms with E-state index in [1.54, 1.807) is 34.9 Å². The van der Waals surface area contributed by atoms with Crippen LogP contribution in [0.2, 0.25) is 0 Å². The van der Waals surface area contributed by atoms with Gasteiger partial charge in [-0.1, -0.05) is 102 Å². The monoisotopic (exact) mass is 725 g/mol. The normalized spacial score (nSPS) is 21.6. The lowest BCUT2D eigenvalue weighted by Gasteiger charge is -2.35. The molecule has 0 unspecified atom stereocenters. The second-order valence-electron chi connectivity index (χ2n) is 11.1. The zero-order chi connectivity index (χ0) is 54.6. The summed E-state index contributed by atoms with van der Waals surface area (Å²) in [6.07, 6.45) is -4.85. The molecule has 1 aromatic heterocycles. The molecular formula is C38H52N6O7. The molecule has 0 saturated heterocycles. The van der Waals surface area contributed by atoms with Gasteiger partial charge in [-0.05, 0) is 40.5 Å². The molecule has 3 aromatic rings. The second-order valence-corrected chi connectivity index (χ2v) is 11.1. The number of hydrogen-bond donors (Lipinski definition) is 5. The van der Waals surface area contributed by atoms with E-state index in [9.17, 15) is 27.0 Å². The zero-order valence-electron chi connectivity index (χ0n) is 47.5. The van der Waals surface area contributed by atoms with Gasteiger partial charge in [-0.3, -0.25) is 20.0 Å². The molecule has 0 saturated carbocycles. The number of benzene rings is 2. The Morgan fingerprint density at radius 1 is 0.784 bits per heavy atom. The Morgan fingerprint density at radius 3 is 1.88 bits per heavy atom. The van der Waals surface area contributed by atoms with E-state index < -0.39 is 120 Å². The molecule has 0 bridgehead atoms. The Bertz CT molecular complexity index is 2220. The van der Waals surface area contributed by atoms with E-state index in [4.69, 9.17) is 24.7 Å². The molecule has 1 heterocycles. The number of nitrogens with zero attached hydrogens (tertiary/aromatic N) is 2. The van der Waals surface area contributed by atoms with Gasteiger partial charge >= 0.3 is 12.2 Å². The Morgan fingerprint density at radius 2 is 1.35 bits per heavy atom. The SMILES string of the molecule is [2H]C([2H])(c1ccc(-c2ccccn2)cc1)N(C[C@H](O)[C@H](Cc1ccccc1)NC(=O)[C@@H](NC(=O)OC)C(C([2H])([2H])[2H])(C([2H])([2H])[2H])C([2H])([2H])[2H])NC(=O)[C@@H](NC(=O)OC)C(C([2H])([2H])[2H])(C([2H])([2H])[2H])C([2H])([2H])[2H]. The largest absolute Gasteiger partial charge is 0.453 e. The van der Waals surface area contributed by atoms with Gasteiger partial charge in [0.1, 0.15) is 12.1 Å². The number of aliphatic hydroxyl groups excluding tert-OH is 1. The maximum absolute atomic E-state index is 14.6. The first-order valence-corrected chi connectivity index (χ1v) is 15.1. The number of methoxy groups -OCH3 is 2. The molecule has 4 atom stereocenters. The van der Waals surface area contributed by atoms with Crippen LogP contribution in [0.25, 0.3) is 11.3 Å². The lowest BCUT2D eigenvalue weighted by atomic mass is 9.85. The quantitative estimate of drug-likeness (QED) is 0.153. The zero-order valence-corrected chi connectivity index (χ0v) is 27.5. The van der Waals surface area contributed by atoms with Gasteiger partial charge < -0.3 is 30.5 Å². The summed E-state index contributed by atoms with van der Waals surface area (Å²) in [7, 11) is 1.42. The molecule has 3 rings (SSSR count). The number of aromatic nitrogens is 1. The van der Waals surface area contributed by atoms with E-state index in [0.717, 1.165) is 7.11 Å². The van der Waals surface area contributed by atoms with Crippen LogP contribution in [0.4, 0.5) is 9.59 Å². The van der Waals surface area contributed by atoms with E-state index in [1.807, 2.05) is 5.43 Å². The van der Waals surface area contributed by atoms with Crippen LogP contribution < -0.4 is 21.4 Å². The molecule has 0 radical (unpaired) electrons. The highest BCUT2D eigenvalue weighted by atomic mass is 16.5. The number of aliphatic hydroxyl groups is 1. The molecular weight excluding hydrogens is 652 g/mol. The van der Waals surface area contributed by atoms with E-state index in [2.05, 4.69) is 19.8 Å². The maximum atomic E-state index is 14.6. The maximum Gasteiger partial charge on any atom is 0.407 e. The van der Waals surface area contributed by atoms with Gasteiger partial charge in [0, 0.05) is 49.5 Å². The van der Waals surface area contributed by atoms with E-state index in [-0.39, 0.29) is 16.1 Å². The highest BCUT2D eigenvalue weighted by Gasteiger charge is 2.37. The molecule has 0 aliphatic heterocycles. The average Bonchev–Trinajstić information content (AvgIpc) is 3.23. The van der Waals surface area contributed by atoms with Crippen LogP contribution in [-0.4, -0.2) is 84.1 Å². The number of pyridine rings is 1. The van der Waals surface area contributed by atoms with Crippen LogP contribution in [-0.2, 0) is 32.0 Å². The summed E-state index contributed by atoms with van der Waals surface area (Å²) in [4.78, 5) is 58.8. The summed E-state index contributed by atoms with van der Waals surface area (Å²) in [5.74, 6) is -3.88. The highest BCUT2D eigenvalue weighted by Crippen LogP contribution is 2.23. The summed E-state index contributed by atoms with van der Waals surface area (Å²) in [5, 5.41) is 17.9. The lowest BCUT2D eigenvalue weighted by Crippen LogP contribution is -2.60. The van der Waals surface area contributed by atoms with Gasteiger partial charge in [-0.15, -0.1) is 0 Å². The van der Waals surface area contributed by atoms with Crippen molar-refractivity contribution < 1.29 is 61.2 Å². The third kappa shape index (κ3) is 12.7. The fourth-order valence-corrected chi connectivity index (χ4v) is 4.55. The number of carbonyl (C=O) groups is 4. The van der Waals surface area contributed by atoms with Crippen LogP contribution >= 0.6 is 0 Å². The molecule has 4 amide bonds. The van der Waals surface area contributed by atoms with Crippen LogP contribution in [0.1, 0.15) is 79.7 Å². The topological polar surface area (TPSA) is 171 Å². The number of hydrogen-bond acceptors (Lipinski definition) is 9. The minimum absolute atomic E-state index is 0.219. The molecule has 0 spiro atoms. The molecule has 276 valence electrons. The van der Waals surface area contributed by atoms with Gasteiger partial charge in [0.25, 0.3) is 5.91 Å². The Balaban J connectivity index is 2.40. The predicted molar refractivity (Wildman–Crippen MR) is 194 cm³/mol. The molecule has 5 N–H and O–H groups in total. The molecule has 0 aliphatic rings. The van der Waals surface area contributed by atoms with Gasteiger partial charge in [0.05, 0.1) is 34.8 Å². The summed E-state index contributed by atoms with van der Waals surface area (Å²) < 4.78 is 175. The predicted octanol–water partition coefficient (Wildman–Crippen LogP) is 4.21. The van der Waals surface area contributed by atoms with Crippen LogP contribution in [0, 0.1) is 10.8 Å². The molecule has 2 aromatic carbocycles. The second kappa shape index (κ2) is 18.3. The third-order valence-electron chi connectivity index (χ3n) is 7.10. The molecule has 0 fully saturated rings. The number of nitrogens with one attached hydrogen (secondary N) is 4. The van der Waals surface area contributed by atoms with Crippen molar-refractivity contribution in [2.24, 2.45) is 10.8 Å². The number of carbonyl (C=O) groups excluding carboxylic acids is 4. The summed E-state index contributed by atoms with van der Waals surface area (Å²) in [6, 6.07) is 9.12. The number of rotatable bonds is 14. The summed E-state index contributed by atoms with van der Waals surface area (Å²) in [5.41, 5.74) is -5.73. The minimum atomic E-state index is -4.20. The first-order valence-electron chi connectivity index (χ1n) is 25.1. The van der Waals surface area contributed by atoms with Crippen molar-refractivity contribution >= 4 is 24.0 Å². The van der Waals surface area contributed by atoms with Gasteiger partial charge in [0.15, 0.2) is 0 Å². The van der Waals surface area contributed by atoms with Crippen LogP contribution in [0.3, 0.4) is 0 Å². The van der Waals surface area contributed by atoms with Crippen molar-refractivity contribution in [1.82, 2.24) is 31.4 Å².